The fourth-order valence-electron chi connectivity index (χ4n) is 2.79. The molecule has 7 nitrogen and oxygen atoms in total. The Labute approximate surface area is 160 Å². The first kappa shape index (κ1) is 17.7. The van der Waals surface area contributed by atoms with Crippen LogP contribution in [0.25, 0.3) is 22.4 Å². The summed E-state index contributed by atoms with van der Waals surface area (Å²) in [6, 6.07) is 14.0. The Morgan fingerprint density at radius 3 is 2.61 bits per heavy atom. The smallest absolute Gasteiger partial charge is 0.287 e. The van der Waals surface area contributed by atoms with Gasteiger partial charge in [0.05, 0.1) is 11.9 Å². The van der Waals surface area contributed by atoms with E-state index in [-0.39, 0.29) is 17.7 Å². The summed E-state index contributed by atoms with van der Waals surface area (Å²) in [5.74, 6) is 0.102. The number of fused-ring (bicyclic) bond motifs is 1. The molecule has 28 heavy (non-hydrogen) atoms. The topological polar surface area (TPSA) is 98.2 Å². The average molecular weight is 375 g/mol. The molecular weight excluding hydrogens is 358 g/mol. The molecule has 1 amide bonds. The number of aryl methyl sites for hydroxylation is 2. The quantitative estimate of drug-likeness (QED) is 0.587. The van der Waals surface area contributed by atoms with Crippen LogP contribution in [-0.2, 0) is 6.54 Å². The van der Waals surface area contributed by atoms with Crippen molar-refractivity contribution in [1.29, 1.82) is 0 Å². The summed E-state index contributed by atoms with van der Waals surface area (Å²) in [6.45, 7) is 3.88. The van der Waals surface area contributed by atoms with Crippen LogP contribution in [0, 0.1) is 13.8 Å². The third kappa shape index (κ3) is 3.42. The molecule has 0 saturated heterocycles. The highest BCUT2D eigenvalue weighted by Gasteiger charge is 2.15. The van der Waals surface area contributed by atoms with Gasteiger partial charge in [0.15, 0.2) is 17.0 Å². The van der Waals surface area contributed by atoms with Crippen LogP contribution in [0.1, 0.15) is 27.5 Å². The fraction of sp³-hybridized carbons (Fsp3) is 0.143. The number of hydrogen-bond acceptors (Lipinski definition) is 6. The van der Waals surface area contributed by atoms with Crippen molar-refractivity contribution < 1.29 is 13.7 Å². The molecule has 0 aliphatic rings. The van der Waals surface area contributed by atoms with Crippen molar-refractivity contribution in [2.45, 2.75) is 20.4 Å². The molecule has 2 aromatic heterocycles. The lowest BCUT2D eigenvalue weighted by molar-refractivity contribution is 0.0922. The van der Waals surface area contributed by atoms with E-state index < -0.39 is 5.91 Å². The molecule has 0 bridgehead atoms. The zero-order valence-corrected chi connectivity index (χ0v) is 15.4. The van der Waals surface area contributed by atoms with Crippen LogP contribution in [0.15, 0.2) is 62.3 Å². The zero-order valence-electron chi connectivity index (χ0n) is 15.4. The Bertz CT molecular complexity index is 1230. The van der Waals surface area contributed by atoms with Crippen molar-refractivity contribution in [2.75, 3.05) is 0 Å². The SMILES string of the molecule is Cc1cc2oc(C(=O)NCc3noc(-c4ccccc4)n3)cc(=O)c2cc1C. The van der Waals surface area contributed by atoms with Crippen LogP contribution in [-0.4, -0.2) is 16.0 Å². The molecule has 0 aliphatic heterocycles. The van der Waals surface area contributed by atoms with Crippen molar-refractivity contribution in [2.24, 2.45) is 0 Å². The van der Waals surface area contributed by atoms with Crippen LogP contribution >= 0.6 is 0 Å². The van der Waals surface area contributed by atoms with E-state index in [1.54, 1.807) is 12.1 Å². The molecule has 0 fully saturated rings. The predicted octanol–water partition coefficient (Wildman–Crippen LogP) is 3.39. The summed E-state index contributed by atoms with van der Waals surface area (Å²) in [5.41, 5.74) is 2.88. The highest BCUT2D eigenvalue weighted by atomic mass is 16.5. The third-order valence-corrected chi connectivity index (χ3v) is 4.46. The number of carbonyl (C=O) groups excluding carboxylic acids is 1. The standard InChI is InChI=1S/C21H17N3O4/c1-12-8-15-16(25)10-18(27-17(15)9-13(12)2)20(26)22-11-19-23-21(28-24-19)14-6-4-3-5-7-14/h3-10H,11H2,1-2H3,(H,22,26). The average Bonchev–Trinajstić information content (AvgIpc) is 3.17. The second-order valence-corrected chi connectivity index (χ2v) is 6.47. The minimum absolute atomic E-state index is 0.0455. The highest BCUT2D eigenvalue weighted by molar-refractivity contribution is 5.93. The molecule has 140 valence electrons. The molecule has 0 radical (unpaired) electrons. The van der Waals surface area contributed by atoms with E-state index >= 15 is 0 Å². The minimum atomic E-state index is -0.525. The van der Waals surface area contributed by atoms with E-state index in [2.05, 4.69) is 15.5 Å². The number of hydrogen-bond donors (Lipinski definition) is 1. The fourth-order valence-corrected chi connectivity index (χ4v) is 2.79. The van der Waals surface area contributed by atoms with Gasteiger partial charge in [0.1, 0.15) is 5.58 Å². The van der Waals surface area contributed by atoms with Crippen LogP contribution < -0.4 is 10.7 Å². The second kappa shape index (κ2) is 7.11. The molecule has 2 aromatic carbocycles. The summed E-state index contributed by atoms with van der Waals surface area (Å²) in [5, 5.41) is 6.94. The second-order valence-electron chi connectivity index (χ2n) is 6.47. The lowest BCUT2D eigenvalue weighted by Gasteiger charge is -2.06. The Morgan fingerprint density at radius 1 is 1.07 bits per heavy atom. The molecule has 1 N–H and O–H groups in total. The lowest BCUT2D eigenvalue weighted by atomic mass is 10.1. The molecule has 0 aliphatic carbocycles. The van der Waals surface area contributed by atoms with Crippen molar-refractivity contribution in [3.05, 3.63) is 81.5 Å². The molecule has 4 aromatic rings. The van der Waals surface area contributed by atoms with Crippen LogP contribution in [0.4, 0.5) is 0 Å². The maximum Gasteiger partial charge on any atom is 0.287 e. The molecule has 0 saturated carbocycles. The van der Waals surface area contributed by atoms with E-state index in [0.29, 0.717) is 22.7 Å². The molecule has 0 unspecified atom stereocenters. The molecule has 2 heterocycles. The summed E-state index contributed by atoms with van der Waals surface area (Å²) < 4.78 is 10.8. The Morgan fingerprint density at radius 2 is 1.82 bits per heavy atom. The van der Waals surface area contributed by atoms with E-state index in [9.17, 15) is 9.59 Å². The van der Waals surface area contributed by atoms with E-state index in [1.807, 2.05) is 44.2 Å². The first-order valence-corrected chi connectivity index (χ1v) is 8.72. The van der Waals surface area contributed by atoms with Crippen molar-refractivity contribution in [3.63, 3.8) is 0 Å². The number of benzene rings is 2. The first-order chi connectivity index (χ1) is 13.5. The van der Waals surface area contributed by atoms with Gasteiger partial charge < -0.3 is 14.3 Å². The van der Waals surface area contributed by atoms with Crippen LogP contribution in [0.2, 0.25) is 0 Å². The van der Waals surface area contributed by atoms with Gasteiger partial charge in [-0.05, 0) is 49.2 Å². The van der Waals surface area contributed by atoms with Crippen molar-refractivity contribution in [3.8, 4) is 11.5 Å². The van der Waals surface area contributed by atoms with Gasteiger partial charge in [0.2, 0.25) is 0 Å². The lowest BCUT2D eigenvalue weighted by Crippen LogP contribution is -2.24. The summed E-state index contributed by atoms with van der Waals surface area (Å²) >= 11 is 0. The number of aromatic nitrogens is 2. The van der Waals surface area contributed by atoms with Crippen LogP contribution in [0.5, 0.6) is 0 Å². The minimum Gasteiger partial charge on any atom is -0.451 e. The monoisotopic (exact) mass is 375 g/mol. The number of nitrogens with one attached hydrogen (secondary N) is 1. The first-order valence-electron chi connectivity index (χ1n) is 8.72. The Kier molecular flexibility index (Phi) is 4.49. The van der Waals surface area contributed by atoms with Crippen molar-refractivity contribution >= 4 is 16.9 Å². The summed E-state index contributed by atoms with van der Waals surface area (Å²) in [6.07, 6.45) is 0. The van der Waals surface area contributed by atoms with Gasteiger partial charge in [-0.1, -0.05) is 23.4 Å². The molecular formula is C21H17N3O4. The number of nitrogens with zero attached hydrogens (tertiary/aromatic N) is 2. The number of amides is 1. The predicted molar refractivity (Wildman–Crippen MR) is 103 cm³/mol. The molecule has 0 spiro atoms. The van der Waals surface area contributed by atoms with Gasteiger partial charge in [-0.25, -0.2) is 0 Å². The summed E-state index contributed by atoms with van der Waals surface area (Å²) in [7, 11) is 0. The Hall–Kier alpha value is -3.74. The summed E-state index contributed by atoms with van der Waals surface area (Å²) in [4.78, 5) is 29.0. The Balaban J connectivity index is 1.52. The maximum atomic E-state index is 12.4. The molecule has 0 atom stereocenters. The molecule has 7 heteroatoms. The normalized spacial score (nSPS) is 10.9. The maximum absolute atomic E-state index is 12.4. The highest BCUT2D eigenvalue weighted by Crippen LogP contribution is 2.18. The van der Waals surface area contributed by atoms with Gasteiger partial charge >= 0.3 is 0 Å². The van der Waals surface area contributed by atoms with Gasteiger partial charge in [-0.3, -0.25) is 9.59 Å². The van der Waals surface area contributed by atoms with E-state index in [4.69, 9.17) is 8.94 Å². The number of rotatable bonds is 4. The number of carbonyl (C=O) groups is 1. The third-order valence-electron chi connectivity index (χ3n) is 4.46. The van der Waals surface area contributed by atoms with Gasteiger partial charge in [-0.15, -0.1) is 0 Å². The molecule has 4 rings (SSSR count). The largest absolute Gasteiger partial charge is 0.451 e. The zero-order chi connectivity index (χ0) is 19.7. The van der Waals surface area contributed by atoms with Gasteiger partial charge in [-0.2, -0.15) is 4.98 Å². The van der Waals surface area contributed by atoms with E-state index in [1.165, 1.54) is 6.07 Å². The van der Waals surface area contributed by atoms with Gasteiger partial charge in [0, 0.05) is 11.6 Å². The van der Waals surface area contributed by atoms with Gasteiger partial charge in [0.25, 0.3) is 11.8 Å². The van der Waals surface area contributed by atoms with Crippen LogP contribution in [0.3, 0.4) is 0 Å². The van der Waals surface area contributed by atoms with Crippen molar-refractivity contribution in [1.82, 2.24) is 15.5 Å². The van der Waals surface area contributed by atoms with E-state index in [0.717, 1.165) is 16.7 Å².